The number of methoxy groups -OCH3 is 1. The van der Waals surface area contributed by atoms with Gasteiger partial charge in [-0.15, -0.1) is 0 Å². The summed E-state index contributed by atoms with van der Waals surface area (Å²) >= 11 is 0. The fourth-order valence-corrected chi connectivity index (χ4v) is 2.40. The van der Waals surface area contributed by atoms with Gasteiger partial charge in [0.1, 0.15) is 18.1 Å². The van der Waals surface area contributed by atoms with E-state index in [1.165, 1.54) is 6.92 Å². The summed E-state index contributed by atoms with van der Waals surface area (Å²) in [5.74, 6) is 6.92. The van der Waals surface area contributed by atoms with Crippen LogP contribution in [0.4, 0.5) is 10.5 Å². The minimum Gasteiger partial charge on any atom is -0.497 e. The molecule has 0 aliphatic rings. The third kappa shape index (κ3) is 8.71. The molecular formula is C22H25N3O4. The lowest BCUT2D eigenvalue weighted by Crippen LogP contribution is -2.36. The third-order valence-corrected chi connectivity index (χ3v) is 3.79. The van der Waals surface area contributed by atoms with Crippen molar-refractivity contribution in [3.8, 4) is 23.3 Å². The second-order valence-electron chi connectivity index (χ2n) is 6.06. The van der Waals surface area contributed by atoms with Crippen molar-refractivity contribution >= 4 is 17.6 Å². The van der Waals surface area contributed by atoms with Crippen molar-refractivity contribution in [3.63, 3.8) is 0 Å². The molecule has 0 saturated carbocycles. The summed E-state index contributed by atoms with van der Waals surface area (Å²) in [6.07, 6.45) is 0.731. The Morgan fingerprint density at radius 3 is 2.52 bits per heavy atom. The minimum absolute atomic E-state index is 0.143. The average molecular weight is 395 g/mol. The Labute approximate surface area is 170 Å². The van der Waals surface area contributed by atoms with Crippen LogP contribution in [0.3, 0.4) is 0 Å². The molecule has 2 aromatic carbocycles. The van der Waals surface area contributed by atoms with Crippen LogP contribution in [0.2, 0.25) is 0 Å². The zero-order valence-corrected chi connectivity index (χ0v) is 16.6. The molecule has 0 spiro atoms. The van der Waals surface area contributed by atoms with E-state index in [1.807, 2.05) is 24.3 Å². The SMILES string of the molecule is COc1ccc(CCNC(=O)NCC#CCOc2cccc(NC(C)=O)c2)cc1. The van der Waals surface area contributed by atoms with E-state index in [0.717, 1.165) is 17.7 Å². The quantitative estimate of drug-likeness (QED) is 0.600. The van der Waals surface area contributed by atoms with Gasteiger partial charge in [0.05, 0.1) is 13.7 Å². The summed E-state index contributed by atoms with van der Waals surface area (Å²) in [4.78, 5) is 22.8. The van der Waals surface area contributed by atoms with Gasteiger partial charge in [0.2, 0.25) is 5.91 Å². The molecule has 152 valence electrons. The Bertz CT molecular complexity index is 870. The van der Waals surface area contributed by atoms with E-state index in [2.05, 4.69) is 27.8 Å². The van der Waals surface area contributed by atoms with Gasteiger partial charge in [-0.3, -0.25) is 4.79 Å². The largest absolute Gasteiger partial charge is 0.497 e. The molecule has 3 N–H and O–H groups in total. The Kier molecular flexibility index (Phi) is 8.90. The second-order valence-corrected chi connectivity index (χ2v) is 6.06. The van der Waals surface area contributed by atoms with Gasteiger partial charge in [-0.1, -0.05) is 30.0 Å². The predicted molar refractivity (Wildman–Crippen MR) is 112 cm³/mol. The van der Waals surface area contributed by atoms with E-state index < -0.39 is 0 Å². The number of ether oxygens (including phenoxy) is 2. The Morgan fingerprint density at radius 1 is 1.00 bits per heavy atom. The van der Waals surface area contributed by atoms with Gasteiger partial charge >= 0.3 is 6.03 Å². The molecule has 0 heterocycles. The minimum atomic E-state index is -0.267. The molecule has 3 amide bonds. The molecule has 29 heavy (non-hydrogen) atoms. The van der Waals surface area contributed by atoms with Crippen LogP contribution < -0.4 is 25.4 Å². The van der Waals surface area contributed by atoms with Gasteiger partial charge in [-0.05, 0) is 36.2 Å². The third-order valence-electron chi connectivity index (χ3n) is 3.79. The predicted octanol–water partition coefficient (Wildman–Crippen LogP) is 2.58. The molecule has 0 saturated heterocycles. The molecule has 0 radical (unpaired) electrons. The molecule has 0 unspecified atom stereocenters. The van der Waals surface area contributed by atoms with Crippen molar-refractivity contribution in [3.05, 3.63) is 54.1 Å². The van der Waals surface area contributed by atoms with Gasteiger partial charge < -0.3 is 25.4 Å². The lowest BCUT2D eigenvalue weighted by atomic mass is 10.1. The van der Waals surface area contributed by atoms with Crippen LogP contribution in [-0.2, 0) is 11.2 Å². The number of hydrogen-bond acceptors (Lipinski definition) is 4. The average Bonchev–Trinajstić information content (AvgIpc) is 2.71. The van der Waals surface area contributed by atoms with Crippen LogP contribution >= 0.6 is 0 Å². The molecule has 0 atom stereocenters. The summed E-state index contributed by atoms with van der Waals surface area (Å²) in [5, 5.41) is 8.14. The number of benzene rings is 2. The molecule has 0 aromatic heterocycles. The molecule has 7 heteroatoms. The van der Waals surface area contributed by atoms with E-state index in [-0.39, 0.29) is 25.1 Å². The van der Waals surface area contributed by atoms with E-state index >= 15 is 0 Å². The number of hydrogen-bond donors (Lipinski definition) is 3. The van der Waals surface area contributed by atoms with Crippen molar-refractivity contribution in [2.45, 2.75) is 13.3 Å². The Balaban J connectivity index is 1.60. The van der Waals surface area contributed by atoms with Crippen molar-refractivity contribution in [2.75, 3.05) is 32.1 Å². The summed E-state index contributed by atoms with van der Waals surface area (Å²) in [7, 11) is 1.63. The maximum Gasteiger partial charge on any atom is 0.315 e. The van der Waals surface area contributed by atoms with Gasteiger partial charge in [0.25, 0.3) is 0 Å². The van der Waals surface area contributed by atoms with Crippen LogP contribution in [0.15, 0.2) is 48.5 Å². The zero-order valence-electron chi connectivity index (χ0n) is 16.6. The highest BCUT2D eigenvalue weighted by Gasteiger charge is 2.00. The smallest absolute Gasteiger partial charge is 0.315 e. The first kappa shape index (κ1) is 21.6. The number of nitrogens with one attached hydrogen (secondary N) is 3. The number of carbonyl (C=O) groups is 2. The summed E-state index contributed by atoms with van der Waals surface area (Å²) in [6, 6.07) is 14.5. The van der Waals surface area contributed by atoms with Gasteiger partial charge in [-0.2, -0.15) is 0 Å². The number of rotatable bonds is 8. The molecular weight excluding hydrogens is 370 g/mol. The molecule has 2 aromatic rings. The van der Waals surface area contributed by atoms with Crippen LogP contribution in [0, 0.1) is 11.8 Å². The van der Waals surface area contributed by atoms with Gasteiger partial charge in [0.15, 0.2) is 0 Å². The molecule has 2 rings (SSSR count). The lowest BCUT2D eigenvalue weighted by molar-refractivity contribution is -0.114. The fraction of sp³-hybridized carbons (Fsp3) is 0.273. The van der Waals surface area contributed by atoms with E-state index in [4.69, 9.17) is 9.47 Å². The van der Waals surface area contributed by atoms with E-state index in [1.54, 1.807) is 31.4 Å². The Morgan fingerprint density at radius 2 is 1.79 bits per heavy atom. The van der Waals surface area contributed by atoms with Crippen LogP contribution in [0.1, 0.15) is 12.5 Å². The lowest BCUT2D eigenvalue weighted by Gasteiger charge is -2.06. The second kappa shape index (κ2) is 11.9. The maximum absolute atomic E-state index is 11.7. The highest BCUT2D eigenvalue weighted by molar-refractivity contribution is 5.88. The highest BCUT2D eigenvalue weighted by atomic mass is 16.5. The maximum atomic E-state index is 11.7. The number of urea groups is 1. The van der Waals surface area contributed by atoms with Crippen molar-refractivity contribution in [1.29, 1.82) is 0 Å². The number of amides is 3. The fourth-order valence-electron chi connectivity index (χ4n) is 2.40. The topological polar surface area (TPSA) is 88.7 Å². The van der Waals surface area contributed by atoms with Crippen LogP contribution in [0.25, 0.3) is 0 Å². The first-order valence-corrected chi connectivity index (χ1v) is 9.17. The number of carbonyl (C=O) groups excluding carboxylic acids is 2. The van der Waals surface area contributed by atoms with Crippen molar-refractivity contribution in [2.24, 2.45) is 0 Å². The monoisotopic (exact) mass is 395 g/mol. The standard InChI is InChI=1S/C22H25N3O4/c1-17(26)25-19-6-5-7-21(16-19)29-15-4-3-13-23-22(27)24-14-12-18-8-10-20(28-2)11-9-18/h5-11,16H,12-15H2,1-2H3,(H,25,26)(H2,23,24,27). The first-order chi connectivity index (χ1) is 14.1. The Hall–Kier alpha value is -3.66. The van der Waals surface area contributed by atoms with Crippen LogP contribution in [0.5, 0.6) is 11.5 Å². The molecule has 0 aliphatic heterocycles. The first-order valence-electron chi connectivity index (χ1n) is 9.17. The molecule has 0 bridgehead atoms. The zero-order chi connectivity index (χ0) is 20.9. The number of anilines is 1. The summed E-state index contributed by atoms with van der Waals surface area (Å²) in [6.45, 7) is 2.38. The van der Waals surface area contributed by atoms with Gasteiger partial charge in [-0.25, -0.2) is 4.79 Å². The van der Waals surface area contributed by atoms with Gasteiger partial charge in [0, 0.05) is 25.2 Å². The molecule has 0 aliphatic carbocycles. The summed E-state index contributed by atoms with van der Waals surface area (Å²) < 4.78 is 10.6. The highest BCUT2D eigenvalue weighted by Crippen LogP contribution is 2.17. The molecule has 7 nitrogen and oxygen atoms in total. The summed E-state index contributed by atoms with van der Waals surface area (Å²) in [5.41, 5.74) is 1.78. The normalized spacial score (nSPS) is 9.59. The van der Waals surface area contributed by atoms with Crippen LogP contribution in [-0.4, -0.2) is 38.7 Å². The van der Waals surface area contributed by atoms with Crippen molar-refractivity contribution in [1.82, 2.24) is 10.6 Å². The van der Waals surface area contributed by atoms with E-state index in [9.17, 15) is 9.59 Å². The molecule has 0 fully saturated rings. The van der Waals surface area contributed by atoms with E-state index in [0.29, 0.717) is 18.0 Å². The van der Waals surface area contributed by atoms with Crippen molar-refractivity contribution < 1.29 is 19.1 Å².